The van der Waals surface area contributed by atoms with Gasteiger partial charge in [0, 0.05) is 5.41 Å². The number of rotatable bonds is 22. The van der Waals surface area contributed by atoms with Gasteiger partial charge in [-0.15, -0.1) is 6.58 Å². The summed E-state index contributed by atoms with van der Waals surface area (Å²) in [4.78, 5) is 33.9. The van der Waals surface area contributed by atoms with E-state index in [0.29, 0.717) is 26.4 Å². The molecule has 0 N–H and O–H groups in total. The Hall–Kier alpha value is -1.69. The SMILES string of the molecule is C.C.C.C.C.C.C.C.C.C=CCOCCOC(=O)C(C)(C)CC.CCC(C)(C)C(C)=O.CCCCCCCCCCCCOC(=O)C(C)(C)CC. The van der Waals surface area contributed by atoms with Crippen molar-refractivity contribution in [3.63, 3.8) is 0 Å². The normalized spacial score (nSPS) is 9.39. The van der Waals surface area contributed by atoms with Gasteiger partial charge < -0.3 is 14.2 Å². The van der Waals surface area contributed by atoms with Gasteiger partial charge in [-0.2, -0.15) is 0 Å². The van der Waals surface area contributed by atoms with Crippen molar-refractivity contribution in [2.75, 3.05) is 26.4 Å². The Morgan fingerprint density at radius 3 is 1.08 bits per heavy atom. The molecule has 0 fully saturated rings. The highest BCUT2D eigenvalue weighted by Crippen LogP contribution is 2.22. The summed E-state index contributed by atoms with van der Waals surface area (Å²) >= 11 is 0. The van der Waals surface area contributed by atoms with Crippen LogP contribution in [0.4, 0.5) is 0 Å². The molecular formula is C45H106O6. The van der Waals surface area contributed by atoms with Crippen molar-refractivity contribution >= 4 is 17.7 Å². The van der Waals surface area contributed by atoms with Crippen LogP contribution in [0.1, 0.15) is 226 Å². The molecule has 0 amide bonds. The molecule has 0 saturated heterocycles. The third kappa shape index (κ3) is 50.5. The lowest BCUT2D eigenvalue weighted by molar-refractivity contribution is -0.155. The van der Waals surface area contributed by atoms with Crippen LogP contribution in [0, 0.1) is 16.2 Å². The van der Waals surface area contributed by atoms with E-state index in [0.717, 1.165) is 25.7 Å². The van der Waals surface area contributed by atoms with Gasteiger partial charge in [-0.3, -0.25) is 14.4 Å². The molecule has 0 aliphatic heterocycles. The molecule has 0 atom stereocenters. The number of ketones is 1. The van der Waals surface area contributed by atoms with E-state index >= 15 is 0 Å². The predicted molar refractivity (Wildman–Crippen MR) is 238 cm³/mol. The number of Topliss-reactive ketones (excluding diaryl/α,β-unsaturated/α-hetero) is 1. The van der Waals surface area contributed by atoms with Crippen molar-refractivity contribution in [2.24, 2.45) is 16.2 Å². The molecule has 0 rings (SSSR count). The summed E-state index contributed by atoms with van der Waals surface area (Å²) in [6.45, 7) is 26.9. The summed E-state index contributed by atoms with van der Waals surface area (Å²) in [5, 5.41) is 0. The summed E-state index contributed by atoms with van der Waals surface area (Å²) in [7, 11) is 0. The fourth-order valence-corrected chi connectivity index (χ4v) is 3.04. The van der Waals surface area contributed by atoms with Gasteiger partial charge in [0.25, 0.3) is 0 Å². The molecule has 6 heteroatoms. The molecule has 0 aromatic carbocycles. The van der Waals surface area contributed by atoms with Crippen molar-refractivity contribution in [1.29, 1.82) is 0 Å². The number of hydrogen-bond acceptors (Lipinski definition) is 6. The Bertz CT molecular complexity index is 695. The second-order valence-corrected chi connectivity index (χ2v) is 13.1. The van der Waals surface area contributed by atoms with Crippen LogP contribution < -0.4 is 0 Å². The Morgan fingerprint density at radius 1 is 0.490 bits per heavy atom. The number of hydrogen-bond donors (Lipinski definition) is 0. The summed E-state index contributed by atoms with van der Waals surface area (Å²) in [5.74, 6) is 0.0677. The number of unbranched alkanes of at least 4 members (excludes halogenated alkanes) is 9. The van der Waals surface area contributed by atoms with Crippen LogP contribution in [0.15, 0.2) is 12.7 Å². The van der Waals surface area contributed by atoms with E-state index in [-0.39, 0.29) is 95.4 Å². The van der Waals surface area contributed by atoms with E-state index < -0.39 is 5.41 Å². The zero-order chi connectivity index (χ0) is 33.1. The maximum absolute atomic E-state index is 11.7. The van der Waals surface area contributed by atoms with Gasteiger partial charge in [0.2, 0.25) is 0 Å². The third-order valence-corrected chi connectivity index (χ3v) is 8.14. The van der Waals surface area contributed by atoms with Crippen molar-refractivity contribution in [1.82, 2.24) is 0 Å². The fourth-order valence-electron chi connectivity index (χ4n) is 3.04. The quantitative estimate of drug-likeness (QED) is 0.0624. The van der Waals surface area contributed by atoms with Crippen LogP contribution >= 0.6 is 0 Å². The number of carbonyl (C=O) groups is 3. The van der Waals surface area contributed by atoms with Gasteiger partial charge in [-0.1, -0.05) is 172 Å². The molecule has 0 aromatic rings. The Morgan fingerprint density at radius 2 is 0.804 bits per heavy atom. The third-order valence-electron chi connectivity index (χ3n) is 8.14. The second-order valence-electron chi connectivity index (χ2n) is 13.1. The van der Waals surface area contributed by atoms with E-state index in [1.807, 2.05) is 62.3 Å². The first-order valence-corrected chi connectivity index (χ1v) is 16.6. The lowest BCUT2D eigenvalue weighted by atomic mass is 9.86. The summed E-state index contributed by atoms with van der Waals surface area (Å²) < 4.78 is 15.5. The average molecular weight is 743 g/mol. The van der Waals surface area contributed by atoms with Crippen molar-refractivity contribution in [2.45, 2.75) is 226 Å². The van der Waals surface area contributed by atoms with Gasteiger partial charge in [-0.05, 0) is 60.3 Å². The van der Waals surface area contributed by atoms with Crippen LogP contribution in [0.2, 0.25) is 0 Å². The summed E-state index contributed by atoms with van der Waals surface area (Å²) in [5.41, 5.74) is -0.809. The van der Waals surface area contributed by atoms with Gasteiger partial charge in [0.05, 0.1) is 30.7 Å². The minimum absolute atomic E-state index is 0. The highest BCUT2D eigenvalue weighted by molar-refractivity contribution is 5.81. The van der Waals surface area contributed by atoms with Gasteiger partial charge in [0.1, 0.15) is 12.4 Å². The van der Waals surface area contributed by atoms with E-state index in [2.05, 4.69) is 13.5 Å². The maximum Gasteiger partial charge on any atom is 0.311 e. The minimum Gasteiger partial charge on any atom is -0.465 e. The first-order chi connectivity index (χ1) is 19.6. The molecule has 0 heterocycles. The lowest BCUT2D eigenvalue weighted by Crippen LogP contribution is -2.27. The molecule has 0 radical (unpaired) electrons. The molecule has 0 aliphatic carbocycles. The van der Waals surface area contributed by atoms with Gasteiger partial charge in [0.15, 0.2) is 0 Å². The standard InChI is InChI=1S/C18H36O2.C11H20O3.C7H14O.9CH4/c1-5-7-8-9-10-11-12-13-14-15-16-20-17(19)18(3,4)6-2;1-5-7-13-8-9-14-10(12)11(3,4)6-2;1-5-7(3,4)6(2)8;;;;;;;;;/h5-16H2,1-4H3;5H,1,6-9H2,2-4H3;5H2,1-4H3;9*1H4. The van der Waals surface area contributed by atoms with E-state index in [4.69, 9.17) is 14.2 Å². The zero-order valence-corrected chi connectivity index (χ0v) is 29.8. The first kappa shape index (κ1) is 82.7. The molecule has 0 spiro atoms. The smallest absolute Gasteiger partial charge is 0.311 e. The molecule has 6 nitrogen and oxygen atoms in total. The molecular weight excluding hydrogens is 636 g/mol. The monoisotopic (exact) mass is 743 g/mol. The number of carbonyl (C=O) groups excluding carboxylic acids is 3. The van der Waals surface area contributed by atoms with E-state index in [1.165, 1.54) is 57.8 Å². The highest BCUT2D eigenvalue weighted by Gasteiger charge is 2.27. The lowest BCUT2D eigenvalue weighted by Gasteiger charge is -2.20. The maximum atomic E-state index is 11.7. The minimum atomic E-state index is -0.390. The number of ether oxygens (including phenoxy) is 3. The van der Waals surface area contributed by atoms with E-state index in [9.17, 15) is 14.4 Å². The van der Waals surface area contributed by atoms with Gasteiger partial charge in [-0.25, -0.2) is 0 Å². The Balaban J connectivity index is -0.0000000440. The number of esters is 2. The molecule has 0 saturated carbocycles. The van der Waals surface area contributed by atoms with Crippen molar-refractivity contribution in [3.8, 4) is 0 Å². The Labute approximate surface area is 327 Å². The van der Waals surface area contributed by atoms with Crippen LogP contribution in [0.25, 0.3) is 0 Å². The van der Waals surface area contributed by atoms with Crippen LogP contribution in [-0.4, -0.2) is 44.1 Å². The molecule has 51 heavy (non-hydrogen) atoms. The molecule has 0 unspecified atom stereocenters. The molecule has 0 aliphatic rings. The van der Waals surface area contributed by atoms with Crippen LogP contribution in [0.5, 0.6) is 0 Å². The van der Waals surface area contributed by atoms with Crippen molar-refractivity contribution < 1.29 is 28.6 Å². The first-order valence-electron chi connectivity index (χ1n) is 16.6. The van der Waals surface area contributed by atoms with Gasteiger partial charge >= 0.3 is 11.9 Å². The predicted octanol–water partition coefficient (Wildman–Crippen LogP) is 15.8. The summed E-state index contributed by atoms with van der Waals surface area (Å²) in [6.07, 6.45) is 17.3. The van der Waals surface area contributed by atoms with E-state index in [1.54, 1.807) is 13.0 Å². The van der Waals surface area contributed by atoms with Crippen LogP contribution in [-0.2, 0) is 28.6 Å². The largest absolute Gasteiger partial charge is 0.465 e. The van der Waals surface area contributed by atoms with Crippen LogP contribution in [0.3, 0.4) is 0 Å². The highest BCUT2D eigenvalue weighted by atomic mass is 16.6. The Kier molecular flexibility index (Phi) is 81.7. The zero-order valence-electron chi connectivity index (χ0n) is 29.8. The topological polar surface area (TPSA) is 78.9 Å². The molecule has 322 valence electrons. The molecule has 0 aromatic heterocycles. The fraction of sp³-hybridized carbons (Fsp3) is 0.889. The summed E-state index contributed by atoms with van der Waals surface area (Å²) in [6, 6.07) is 0. The average Bonchev–Trinajstić information content (AvgIpc) is 2.96. The molecule has 0 bridgehead atoms. The van der Waals surface area contributed by atoms with Crippen molar-refractivity contribution in [3.05, 3.63) is 12.7 Å². The second kappa shape index (κ2) is 50.4.